The summed E-state index contributed by atoms with van der Waals surface area (Å²) in [5, 5.41) is 8.33. The molecule has 3 nitrogen and oxygen atoms in total. The van der Waals surface area contributed by atoms with E-state index >= 15 is 0 Å². The van der Waals surface area contributed by atoms with Crippen LogP contribution in [0, 0.1) is 0 Å². The summed E-state index contributed by atoms with van der Waals surface area (Å²) in [6.45, 7) is 4.45. The number of nitrogens with one attached hydrogen (secondary N) is 2. The molecule has 1 amide bonds. The number of aryl methyl sites for hydroxylation is 1. The van der Waals surface area contributed by atoms with Crippen molar-refractivity contribution in [3.8, 4) is 0 Å². The lowest BCUT2D eigenvalue weighted by Gasteiger charge is -2.12. The third-order valence-electron chi connectivity index (χ3n) is 3.03. The molecule has 0 aliphatic carbocycles. The van der Waals surface area contributed by atoms with Gasteiger partial charge in [-0.1, -0.05) is 31.5 Å². The first-order valence-corrected chi connectivity index (χ1v) is 7.74. The first-order chi connectivity index (χ1) is 9.70. The number of hydrogen-bond donors (Lipinski definition) is 2. The number of hydrogen-bond acceptors (Lipinski definition) is 3. The minimum absolute atomic E-state index is 0.0315. The van der Waals surface area contributed by atoms with Gasteiger partial charge in [-0.15, -0.1) is 11.3 Å². The summed E-state index contributed by atoms with van der Waals surface area (Å²) in [6, 6.07) is 10.3. The third kappa shape index (κ3) is 3.84. The molecule has 0 fully saturated rings. The summed E-state index contributed by atoms with van der Waals surface area (Å²) in [7, 11) is 0. The second-order valence-corrected chi connectivity index (χ2v) is 5.70. The average molecular weight is 288 g/mol. The average Bonchev–Trinajstić information content (AvgIpc) is 2.84. The molecule has 106 valence electrons. The van der Waals surface area contributed by atoms with Crippen LogP contribution in [0.25, 0.3) is 0 Å². The van der Waals surface area contributed by atoms with Crippen molar-refractivity contribution in [3.63, 3.8) is 0 Å². The molecule has 4 heteroatoms. The highest BCUT2D eigenvalue weighted by molar-refractivity contribution is 7.10. The van der Waals surface area contributed by atoms with Crippen molar-refractivity contribution in [3.05, 3.63) is 46.2 Å². The molecule has 0 spiro atoms. The highest BCUT2D eigenvalue weighted by Gasteiger charge is 2.06. The zero-order valence-corrected chi connectivity index (χ0v) is 12.7. The molecule has 1 aromatic carbocycles. The Bertz CT molecular complexity index is 577. The van der Waals surface area contributed by atoms with Crippen molar-refractivity contribution in [2.45, 2.75) is 33.2 Å². The molecule has 2 N–H and O–H groups in total. The van der Waals surface area contributed by atoms with Crippen molar-refractivity contribution in [2.75, 3.05) is 10.6 Å². The van der Waals surface area contributed by atoms with Crippen LogP contribution in [-0.2, 0) is 17.8 Å². The van der Waals surface area contributed by atoms with E-state index in [2.05, 4.69) is 35.8 Å². The Morgan fingerprint density at radius 1 is 1.20 bits per heavy atom. The van der Waals surface area contributed by atoms with Crippen LogP contribution in [0.15, 0.2) is 35.7 Å². The summed E-state index contributed by atoms with van der Waals surface area (Å²) in [4.78, 5) is 12.3. The molecule has 0 bridgehead atoms. The largest absolute Gasteiger partial charge is 0.380 e. The van der Waals surface area contributed by atoms with Crippen LogP contribution >= 0.6 is 11.3 Å². The van der Waals surface area contributed by atoms with Gasteiger partial charge in [0, 0.05) is 17.5 Å². The lowest BCUT2D eigenvalue weighted by atomic mass is 10.1. The van der Waals surface area contributed by atoms with E-state index in [0.29, 0.717) is 0 Å². The van der Waals surface area contributed by atoms with Crippen LogP contribution in [0.3, 0.4) is 0 Å². The highest BCUT2D eigenvalue weighted by atomic mass is 32.1. The number of carbonyl (C=O) groups excluding carboxylic acids is 1. The van der Waals surface area contributed by atoms with Crippen molar-refractivity contribution in [2.24, 2.45) is 0 Å². The highest BCUT2D eigenvalue weighted by Crippen LogP contribution is 2.25. The van der Waals surface area contributed by atoms with Crippen LogP contribution in [0.4, 0.5) is 11.4 Å². The van der Waals surface area contributed by atoms with Crippen molar-refractivity contribution in [1.29, 1.82) is 0 Å². The van der Waals surface area contributed by atoms with E-state index in [-0.39, 0.29) is 5.91 Å². The van der Waals surface area contributed by atoms with Crippen LogP contribution in [0.1, 0.15) is 30.7 Å². The first kappa shape index (κ1) is 14.6. The Morgan fingerprint density at radius 3 is 2.75 bits per heavy atom. The third-order valence-corrected chi connectivity index (χ3v) is 3.95. The number of thiophene rings is 1. The fourth-order valence-corrected chi connectivity index (χ4v) is 2.90. The fourth-order valence-electron chi connectivity index (χ4n) is 2.13. The summed E-state index contributed by atoms with van der Waals surface area (Å²) in [5.74, 6) is -0.0315. The number of anilines is 2. The predicted molar refractivity (Wildman–Crippen MR) is 86.4 cm³/mol. The van der Waals surface area contributed by atoms with Crippen molar-refractivity contribution in [1.82, 2.24) is 0 Å². The molecular weight excluding hydrogens is 268 g/mol. The smallest absolute Gasteiger partial charge is 0.221 e. The molecule has 1 aromatic heterocycles. The summed E-state index contributed by atoms with van der Waals surface area (Å²) >= 11 is 1.65. The minimum Gasteiger partial charge on any atom is -0.380 e. The van der Waals surface area contributed by atoms with Crippen LogP contribution in [0.2, 0.25) is 0 Å². The van der Waals surface area contributed by atoms with Crippen LogP contribution in [-0.4, -0.2) is 5.91 Å². The quantitative estimate of drug-likeness (QED) is 0.833. The Kier molecular flexibility index (Phi) is 5.18. The molecule has 0 saturated carbocycles. The van der Waals surface area contributed by atoms with E-state index < -0.39 is 0 Å². The summed E-state index contributed by atoms with van der Waals surface area (Å²) < 4.78 is 0. The first-order valence-electron chi connectivity index (χ1n) is 6.86. The van der Waals surface area contributed by atoms with Gasteiger partial charge in [0.15, 0.2) is 0 Å². The molecule has 0 aliphatic rings. The van der Waals surface area contributed by atoms with Gasteiger partial charge < -0.3 is 10.6 Å². The Hall–Kier alpha value is -1.81. The van der Waals surface area contributed by atoms with E-state index in [0.717, 1.165) is 30.0 Å². The standard InChI is InChI=1S/C16H20N2OS/c1-3-6-13-7-4-5-8-14(13)17-11-16-15(9-10-20-16)18-12(2)19/h4-5,7-10,17H,3,6,11H2,1-2H3,(H,18,19). The van der Waals surface area contributed by atoms with Gasteiger partial charge in [0.25, 0.3) is 0 Å². The van der Waals surface area contributed by atoms with E-state index in [4.69, 9.17) is 0 Å². The number of para-hydroxylation sites is 1. The molecule has 0 aliphatic heterocycles. The molecule has 0 radical (unpaired) electrons. The van der Waals surface area contributed by atoms with Crippen molar-refractivity contribution >= 4 is 28.6 Å². The zero-order chi connectivity index (χ0) is 14.4. The zero-order valence-electron chi connectivity index (χ0n) is 11.9. The number of rotatable bonds is 6. The monoisotopic (exact) mass is 288 g/mol. The molecule has 20 heavy (non-hydrogen) atoms. The van der Waals surface area contributed by atoms with Crippen molar-refractivity contribution < 1.29 is 4.79 Å². The van der Waals surface area contributed by atoms with Gasteiger partial charge in [-0.25, -0.2) is 0 Å². The second kappa shape index (κ2) is 7.10. The number of benzene rings is 1. The van der Waals surface area contributed by atoms with E-state index in [1.54, 1.807) is 11.3 Å². The summed E-state index contributed by atoms with van der Waals surface area (Å²) in [5.41, 5.74) is 3.42. The van der Waals surface area contributed by atoms with Gasteiger partial charge in [0.2, 0.25) is 5.91 Å². The van der Waals surface area contributed by atoms with Gasteiger partial charge in [-0.2, -0.15) is 0 Å². The van der Waals surface area contributed by atoms with E-state index in [1.807, 2.05) is 17.5 Å². The van der Waals surface area contributed by atoms with Gasteiger partial charge in [-0.05, 0) is 29.5 Å². The Labute approximate surface area is 124 Å². The molecule has 0 unspecified atom stereocenters. The summed E-state index contributed by atoms with van der Waals surface area (Å²) in [6.07, 6.45) is 2.21. The maximum atomic E-state index is 11.1. The lowest BCUT2D eigenvalue weighted by molar-refractivity contribution is -0.114. The Morgan fingerprint density at radius 2 is 2.00 bits per heavy atom. The second-order valence-electron chi connectivity index (χ2n) is 4.70. The molecule has 2 aromatic rings. The predicted octanol–water partition coefficient (Wildman–Crippen LogP) is 4.27. The van der Waals surface area contributed by atoms with Gasteiger partial charge in [0.05, 0.1) is 12.2 Å². The van der Waals surface area contributed by atoms with Gasteiger partial charge in [-0.3, -0.25) is 4.79 Å². The topological polar surface area (TPSA) is 41.1 Å². The molecule has 2 rings (SSSR count). The Balaban J connectivity index is 2.05. The number of amides is 1. The maximum absolute atomic E-state index is 11.1. The van der Waals surface area contributed by atoms with E-state index in [1.165, 1.54) is 18.2 Å². The molecule has 0 atom stereocenters. The maximum Gasteiger partial charge on any atom is 0.221 e. The van der Waals surface area contributed by atoms with Gasteiger partial charge in [0.1, 0.15) is 0 Å². The number of carbonyl (C=O) groups is 1. The molecular formula is C16H20N2OS. The van der Waals surface area contributed by atoms with Gasteiger partial charge >= 0.3 is 0 Å². The lowest BCUT2D eigenvalue weighted by Crippen LogP contribution is -2.08. The molecule has 1 heterocycles. The minimum atomic E-state index is -0.0315. The van der Waals surface area contributed by atoms with Crippen LogP contribution in [0.5, 0.6) is 0 Å². The normalized spacial score (nSPS) is 10.3. The fraction of sp³-hybridized carbons (Fsp3) is 0.312. The SMILES string of the molecule is CCCc1ccccc1NCc1sccc1NC(C)=O. The molecule has 0 saturated heterocycles. The van der Waals surface area contributed by atoms with E-state index in [9.17, 15) is 4.79 Å². The van der Waals surface area contributed by atoms with Crippen LogP contribution < -0.4 is 10.6 Å².